The predicted octanol–water partition coefficient (Wildman–Crippen LogP) is 3.71. The van der Waals surface area contributed by atoms with Crippen LogP contribution >= 0.6 is 0 Å². The third-order valence-corrected chi connectivity index (χ3v) is 6.63. The highest BCUT2D eigenvalue weighted by Crippen LogP contribution is 2.73. The quantitative estimate of drug-likeness (QED) is 0.763. The maximum Gasteiger partial charge on any atom is 0.0594 e. The molecule has 0 aromatic rings. The van der Waals surface area contributed by atoms with Crippen LogP contribution in [0.15, 0.2) is 0 Å². The van der Waals surface area contributed by atoms with E-state index < -0.39 is 0 Å². The summed E-state index contributed by atoms with van der Waals surface area (Å²) in [4.78, 5) is 2.70. The zero-order chi connectivity index (χ0) is 14.1. The Balaban J connectivity index is 1.61. The van der Waals surface area contributed by atoms with Gasteiger partial charge in [-0.15, -0.1) is 0 Å². The average Bonchev–Trinajstić information content (AvgIpc) is 2.22. The summed E-state index contributed by atoms with van der Waals surface area (Å²) in [6.45, 7) is 13.3. The highest BCUT2D eigenvalue weighted by atomic mass is 16.5. The lowest BCUT2D eigenvalue weighted by Crippen LogP contribution is -2.61. The van der Waals surface area contributed by atoms with Gasteiger partial charge in [0, 0.05) is 19.6 Å². The smallest absolute Gasteiger partial charge is 0.0594 e. The van der Waals surface area contributed by atoms with Crippen molar-refractivity contribution in [2.45, 2.75) is 59.3 Å². The lowest BCUT2D eigenvalue weighted by molar-refractivity contribution is -0.191. The van der Waals surface area contributed by atoms with Crippen molar-refractivity contribution in [2.75, 3.05) is 32.8 Å². The molecule has 20 heavy (non-hydrogen) atoms. The average molecular weight is 277 g/mol. The summed E-state index contributed by atoms with van der Waals surface area (Å²) in [5, 5.41) is 0. The minimum absolute atomic E-state index is 0.615. The second kappa shape index (κ2) is 4.01. The molecule has 2 heteroatoms. The Morgan fingerprint density at radius 1 is 0.750 bits per heavy atom. The van der Waals surface area contributed by atoms with E-state index in [0.29, 0.717) is 21.7 Å². The fourth-order valence-electron chi connectivity index (χ4n) is 7.96. The molecule has 0 N–H and O–H groups in total. The van der Waals surface area contributed by atoms with E-state index in [2.05, 4.69) is 25.7 Å². The molecule has 0 atom stereocenters. The maximum atomic E-state index is 5.54. The molecule has 0 aromatic heterocycles. The number of hydrogen-bond acceptors (Lipinski definition) is 2. The summed E-state index contributed by atoms with van der Waals surface area (Å²) in [6.07, 6.45) is 8.93. The molecular weight excluding hydrogens is 246 g/mol. The minimum atomic E-state index is 0.615. The molecule has 0 aromatic carbocycles. The fourth-order valence-corrected chi connectivity index (χ4v) is 7.96. The van der Waals surface area contributed by atoms with Gasteiger partial charge >= 0.3 is 0 Å². The van der Waals surface area contributed by atoms with E-state index in [4.69, 9.17) is 4.74 Å². The van der Waals surface area contributed by atoms with Gasteiger partial charge in [0.2, 0.25) is 0 Å². The van der Waals surface area contributed by atoms with Crippen molar-refractivity contribution in [1.82, 2.24) is 4.90 Å². The first kappa shape index (κ1) is 13.6. The first-order chi connectivity index (χ1) is 9.32. The topological polar surface area (TPSA) is 12.5 Å². The first-order valence-electron chi connectivity index (χ1n) is 8.62. The second-order valence-corrected chi connectivity index (χ2v) is 9.88. The Morgan fingerprint density at radius 2 is 1.20 bits per heavy atom. The van der Waals surface area contributed by atoms with Gasteiger partial charge in [-0.05, 0) is 60.2 Å². The molecule has 4 saturated carbocycles. The number of morpholine rings is 1. The summed E-state index contributed by atoms with van der Waals surface area (Å²) in [6, 6.07) is 0. The summed E-state index contributed by atoms with van der Waals surface area (Å²) >= 11 is 0. The van der Waals surface area contributed by atoms with Crippen LogP contribution in [0, 0.1) is 21.7 Å². The Labute approximate surface area is 124 Å². The normalized spacial score (nSPS) is 55.4. The standard InChI is InChI=1S/C18H31NO/c1-15-8-16(2)10-17(3,9-15)13-18(11-15,12-16)14-19-4-6-20-7-5-19/h4-14H2,1-3H3. The van der Waals surface area contributed by atoms with Crippen LogP contribution in [0.1, 0.15) is 59.3 Å². The van der Waals surface area contributed by atoms with Crippen molar-refractivity contribution < 1.29 is 4.74 Å². The molecule has 4 bridgehead atoms. The van der Waals surface area contributed by atoms with Crippen LogP contribution in [0.5, 0.6) is 0 Å². The van der Waals surface area contributed by atoms with Gasteiger partial charge in [0.25, 0.3) is 0 Å². The van der Waals surface area contributed by atoms with E-state index in [1.54, 1.807) is 0 Å². The molecule has 1 heterocycles. The van der Waals surface area contributed by atoms with Gasteiger partial charge in [-0.3, -0.25) is 4.90 Å². The third-order valence-electron chi connectivity index (χ3n) is 6.63. The lowest BCUT2D eigenvalue weighted by Gasteiger charge is -2.69. The van der Waals surface area contributed by atoms with E-state index in [0.717, 1.165) is 26.3 Å². The monoisotopic (exact) mass is 277 g/mol. The highest BCUT2D eigenvalue weighted by molar-refractivity contribution is 5.14. The lowest BCUT2D eigenvalue weighted by atomic mass is 9.36. The predicted molar refractivity (Wildman–Crippen MR) is 81.7 cm³/mol. The molecule has 0 radical (unpaired) electrons. The van der Waals surface area contributed by atoms with Gasteiger partial charge in [-0.25, -0.2) is 0 Å². The van der Waals surface area contributed by atoms with E-state index in [1.807, 2.05) is 0 Å². The van der Waals surface area contributed by atoms with Crippen LogP contribution in [0.3, 0.4) is 0 Å². The van der Waals surface area contributed by atoms with Gasteiger partial charge in [-0.2, -0.15) is 0 Å². The molecule has 4 aliphatic carbocycles. The first-order valence-corrected chi connectivity index (χ1v) is 8.62. The molecule has 0 amide bonds. The van der Waals surface area contributed by atoms with Crippen LogP contribution in [-0.4, -0.2) is 37.7 Å². The molecule has 1 aliphatic heterocycles. The molecular formula is C18H31NO. The van der Waals surface area contributed by atoms with Crippen LogP contribution in [-0.2, 0) is 4.74 Å². The van der Waals surface area contributed by atoms with Crippen LogP contribution in [0.25, 0.3) is 0 Å². The molecule has 0 unspecified atom stereocenters. The van der Waals surface area contributed by atoms with E-state index >= 15 is 0 Å². The molecule has 114 valence electrons. The summed E-state index contributed by atoms with van der Waals surface area (Å²) < 4.78 is 5.54. The summed E-state index contributed by atoms with van der Waals surface area (Å²) in [7, 11) is 0. The Kier molecular flexibility index (Phi) is 2.72. The minimum Gasteiger partial charge on any atom is -0.379 e. The van der Waals surface area contributed by atoms with Gasteiger partial charge in [0.05, 0.1) is 13.2 Å². The fraction of sp³-hybridized carbons (Fsp3) is 1.00. The molecule has 2 nitrogen and oxygen atoms in total. The van der Waals surface area contributed by atoms with Crippen LogP contribution in [0.2, 0.25) is 0 Å². The van der Waals surface area contributed by atoms with Crippen molar-refractivity contribution in [2.24, 2.45) is 21.7 Å². The number of rotatable bonds is 2. The third kappa shape index (κ3) is 2.14. The number of nitrogens with zero attached hydrogens (tertiary/aromatic N) is 1. The second-order valence-electron chi connectivity index (χ2n) is 9.88. The molecule has 5 fully saturated rings. The molecule has 1 saturated heterocycles. The van der Waals surface area contributed by atoms with Crippen LogP contribution < -0.4 is 0 Å². The van der Waals surface area contributed by atoms with Crippen molar-refractivity contribution in [3.05, 3.63) is 0 Å². The van der Waals surface area contributed by atoms with Crippen molar-refractivity contribution in [3.63, 3.8) is 0 Å². The molecule has 5 aliphatic rings. The summed E-state index contributed by atoms with van der Waals surface area (Å²) in [5.74, 6) is 0. The summed E-state index contributed by atoms with van der Waals surface area (Å²) in [5.41, 5.74) is 2.50. The SMILES string of the molecule is CC12CC3(C)CC(C)(C1)CC(CN1CCOCC1)(C2)C3. The Bertz CT molecular complexity index is 358. The van der Waals surface area contributed by atoms with E-state index in [1.165, 1.54) is 45.1 Å². The number of ether oxygens (including phenoxy) is 1. The Morgan fingerprint density at radius 3 is 1.65 bits per heavy atom. The van der Waals surface area contributed by atoms with E-state index in [9.17, 15) is 0 Å². The molecule has 5 rings (SSSR count). The largest absolute Gasteiger partial charge is 0.379 e. The van der Waals surface area contributed by atoms with Gasteiger partial charge in [-0.1, -0.05) is 20.8 Å². The van der Waals surface area contributed by atoms with Crippen molar-refractivity contribution in [1.29, 1.82) is 0 Å². The zero-order valence-corrected chi connectivity index (χ0v) is 13.6. The van der Waals surface area contributed by atoms with E-state index in [-0.39, 0.29) is 0 Å². The van der Waals surface area contributed by atoms with Crippen LogP contribution in [0.4, 0.5) is 0 Å². The Hall–Kier alpha value is -0.0800. The van der Waals surface area contributed by atoms with Gasteiger partial charge in [0.15, 0.2) is 0 Å². The van der Waals surface area contributed by atoms with Crippen molar-refractivity contribution in [3.8, 4) is 0 Å². The van der Waals surface area contributed by atoms with Gasteiger partial charge < -0.3 is 4.74 Å². The zero-order valence-electron chi connectivity index (χ0n) is 13.6. The molecule has 0 spiro atoms. The maximum absolute atomic E-state index is 5.54. The van der Waals surface area contributed by atoms with Gasteiger partial charge in [0.1, 0.15) is 0 Å². The van der Waals surface area contributed by atoms with Crippen molar-refractivity contribution >= 4 is 0 Å². The number of hydrogen-bond donors (Lipinski definition) is 0. The highest BCUT2D eigenvalue weighted by Gasteiger charge is 2.63.